The first kappa shape index (κ1) is 20.5. The Bertz CT molecular complexity index is 1260. The minimum atomic E-state index is -0.0911. The smallest absolute Gasteiger partial charge is 0.217 e. The molecule has 3 aromatic heterocycles. The van der Waals surface area contributed by atoms with Gasteiger partial charge in [0.2, 0.25) is 5.91 Å². The molecule has 0 radical (unpaired) electrons. The topological polar surface area (TPSA) is 81.9 Å². The lowest BCUT2D eigenvalue weighted by atomic mass is 10.0. The molecule has 0 bridgehead atoms. The summed E-state index contributed by atoms with van der Waals surface area (Å²) >= 11 is 0. The molecule has 0 saturated carbocycles. The molecule has 0 spiro atoms. The first-order valence-corrected chi connectivity index (χ1v) is 10.1. The number of nitrogens with one attached hydrogen (secondary N) is 1. The maximum Gasteiger partial charge on any atom is 0.217 e. The summed E-state index contributed by atoms with van der Waals surface area (Å²) in [6.07, 6.45) is 3.54. The van der Waals surface area contributed by atoms with Crippen LogP contribution in [0.4, 0.5) is 0 Å². The Hall–Kier alpha value is -3.74. The summed E-state index contributed by atoms with van der Waals surface area (Å²) in [5.41, 5.74) is 6.63. The van der Waals surface area contributed by atoms with Gasteiger partial charge in [0.1, 0.15) is 17.9 Å². The third-order valence-electron chi connectivity index (χ3n) is 5.28. The summed E-state index contributed by atoms with van der Waals surface area (Å²) < 4.78 is 8.11. The molecular formula is C24H25N5O2. The second kappa shape index (κ2) is 8.55. The molecule has 0 aliphatic rings. The number of carbonyl (C=O) groups excluding carboxylic acids is 1. The van der Waals surface area contributed by atoms with Crippen molar-refractivity contribution in [1.29, 1.82) is 0 Å². The van der Waals surface area contributed by atoms with Gasteiger partial charge in [0.15, 0.2) is 0 Å². The summed E-state index contributed by atoms with van der Waals surface area (Å²) in [4.78, 5) is 20.5. The molecule has 0 aliphatic heterocycles. The van der Waals surface area contributed by atoms with Crippen molar-refractivity contribution in [3.8, 4) is 17.0 Å². The Kier molecular flexibility index (Phi) is 5.66. The van der Waals surface area contributed by atoms with Crippen LogP contribution in [0.2, 0.25) is 0 Å². The van der Waals surface area contributed by atoms with E-state index in [-0.39, 0.29) is 5.91 Å². The first-order valence-electron chi connectivity index (χ1n) is 10.1. The van der Waals surface area contributed by atoms with Gasteiger partial charge in [0, 0.05) is 48.6 Å². The zero-order chi connectivity index (χ0) is 22.0. The highest BCUT2D eigenvalue weighted by atomic mass is 16.5. The maximum absolute atomic E-state index is 11.3. The number of fused-ring (bicyclic) bond motifs is 1. The van der Waals surface area contributed by atoms with Crippen LogP contribution in [-0.2, 0) is 25.0 Å². The lowest BCUT2D eigenvalue weighted by Crippen LogP contribution is -2.21. The molecule has 158 valence electrons. The highest BCUT2D eigenvalue weighted by Gasteiger charge is 2.14. The van der Waals surface area contributed by atoms with E-state index in [1.807, 2.05) is 49.8 Å². The van der Waals surface area contributed by atoms with Gasteiger partial charge in [-0.15, -0.1) is 0 Å². The number of pyridine rings is 2. The monoisotopic (exact) mass is 415 g/mol. The average Bonchev–Trinajstić information content (AvgIpc) is 3.16. The molecule has 7 heteroatoms. The zero-order valence-electron chi connectivity index (χ0n) is 18.1. The summed E-state index contributed by atoms with van der Waals surface area (Å²) in [5, 5.41) is 8.13. The van der Waals surface area contributed by atoms with Crippen LogP contribution in [0.1, 0.15) is 29.4 Å². The number of amides is 1. The van der Waals surface area contributed by atoms with Crippen molar-refractivity contribution < 1.29 is 9.53 Å². The average molecular weight is 415 g/mol. The Morgan fingerprint density at radius 3 is 2.74 bits per heavy atom. The van der Waals surface area contributed by atoms with Crippen molar-refractivity contribution in [1.82, 2.24) is 25.1 Å². The van der Waals surface area contributed by atoms with Crippen molar-refractivity contribution in [3.05, 3.63) is 71.3 Å². The van der Waals surface area contributed by atoms with Crippen LogP contribution in [0.3, 0.4) is 0 Å². The fraction of sp³-hybridized carbons (Fsp3) is 0.250. The molecule has 1 N–H and O–H groups in total. The van der Waals surface area contributed by atoms with E-state index in [2.05, 4.69) is 27.5 Å². The molecule has 0 atom stereocenters. The van der Waals surface area contributed by atoms with Crippen molar-refractivity contribution in [2.24, 2.45) is 7.05 Å². The Labute approximate surface area is 181 Å². The van der Waals surface area contributed by atoms with Crippen molar-refractivity contribution in [2.75, 3.05) is 0 Å². The van der Waals surface area contributed by atoms with Crippen LogP contribution >= 0.6 is 0 Å². The van der Waals surface area contributed by atoms with E-state index >= 15 is 0 Å². The Morgan fingerprint density at radius 2 is 2.00 bits per heavy atom. The van der Waals surface area contributed by atoms with Gasteiger partial charge >= 0.3 is 0 Å². The standard InChI is InChI=1S/C24H25N5O2/c1-15-8-10-25-21(13-26-17(3)30)20(15)14-31-23-7-5-6-18-19(12-16(2)28-24(18)23)22-9-11-27-29(22)4/h5-12H,13-14H2,1-4H3,(H,26,30). The van der Waals surface area contributed by atoms with Gasteiger partial charge in [-0.2, -0.15) is 5.10 Å². The second-order valence-corrected chi connectivity index (χ2v) is 7.56. The highest BCUT2D eigenvalue weighted by Crippen LogP contribution is 2.33. The fourth-order valence-corrected chi connectivity index (χ4v) is 3.67. The minimum absolute atomic E-state index is 0.0911. The number of rotatable bonds is 6. The van der Waals surface area contributed by atoms with Crippen LogP contribution in [0.15, 0.2) is 48.8 Å². The molecule has 0 aliphatic carbocycles. The van der Waals surface area contributed by atoms with E-state index in [1.54, 1.807) is 12.4 Å². The van der Waals surface area contributed by atoms with E-state index in [1.165, 1.54) is 6.92 Å². The Morgan fingerprint density at radius 1 is 1.16 bits per heavy atom. The highest BCUT2D eigenvalue weighted by molar-refractivity contribution is 5.97. The summed E-state index contributed by atoms with van der Waals surface area (Å²) in [6.45, 7) is 6.20. The first-order chi connectivity index (χ1) is 14.9. The number of aryl methyl sites for hydroxylation is 3. The van der Waals surface area contributed by atoms with Crippen molar-refractivity contribution in [2.45, 2.75) is 33.9 Å². The quantitative estimate of drug-likeness (QED) is 0.517. The lowest BCUT2D eigenvalue weighted by molar-refractivity contribution is -0.119. The molecule has 31 heavy (non-hydrogen) atoms. The van der Waals surface area contributed by atoms with Gasteiger partial charge < -0.3 is 10.1 Å². The van der Waals surface area contributed by atoms with Gasteiger partial charge in [-0.05, 0) is 43.7 Å². The largest absolute Gasteiger partial charge is 0.487 e. The molecule has 3 heterocycles. The third kappa shape index (κ3) is 4.26. The van der Waals surface area contributed by atoms with Gasteiger partial charge in [-0.1, -0.05) is 12.1 Å². The molecular weight excluding hydrogens is 390 g/mol. The summed E-state index contributed by atoms with van der Waals surface area (Å²) in [6, 6.07) is 12.0. The summed E-state index contributed by atoms with van der Waals surface area (Å²) in [5.74, 6) is 0.616. The number of para-hydroxylation sites is 1. The fourth-order valence-electron chi connectivity index (χ4n) is 3.67. The molecule has 4 rings (SSSR count). The number of carbonyl (C=O) groups is 1. The third-order valence-corrected chi connectivity index (χ3v) is 5.28. The molecule has 1 amide bonds. The van der Waals surface area contributed by atoms with Gasteiger partial charge in [0.25, 0.3) is 0 Å². The zero-order valence-corrected chi connectivity index (χ0v) is 18.1. The Balaban J connectivity index is 1.70. The van der Waals surface area contributed by atoms with Crippen LogP contribution in [0, 0.1) is 13.8 Å². The molecule has 0 saturated heterocycles. The summed E-state index contributed by atoms with van der Waals surface area (Å²) in [7, 11) is 1.93. The predicted octanol–water partition coefficient (Wildman–Crippen LogP) is 3.86. The molecule has 0 fully saturated rings. The van der Waals surface area contributed by atoms with Crippen LogP contribution in [0.25, 0.3) is 22.2 Å². The van der Waals surface area contributed by atoms with Crippen LogP contribution in [0.5, 0.6) is 5.75 Å². The molecule has 7 nitrogen and oxygen atoms in total. The molecule has 1 aromatic carbocycles. The van der Waals surface area contributed by atoms with E-state index in [9.17, 15) is 4.79 Å². The molecule has 0 unspecified atom stereocenters. The normalized spacial score (nSPS) is 11.0. The number of hydrogen-bond acceptors (Lipinski definition) is 5. The van der Waals surface area contributed by atoms with Gasteiger partial charge in [-0.3, -0.25) is 14.5 Å². The number of ether oxygens (including phenoxy) is 1. The number of aromatic nitrogens is 4. The van der Waals surface area contributed by atoms with Gasteiger partial charge in [-0.25, -0.2) is 4.98 Å². The van der Waals surface area contributed by atoms with E-state index < -0.39 is 0 Å². The van der Waals surface area contributed by atoms with E-state index in [0.29, 0.717) is 18.9 Å². The lowest BCUT2D eigenvalue weighted by Gasteiger charge is -2.15. The second-order valence-electron chi connectivity index (χ2n) is 7.56. The van der Waals surface area contributed by atoms with Crippen LogP contribution < -0.4 is 10.1 Å². The minimum Gasteiger partial charge on any atom is -0.487 e. The number of benzene rings is 1. The molecule has 4 aromatic rings. The number of nitrogens with zero attached hydrogens (tertiary/aromatic N) is 4. The maximum atomic E-state index is 11.3. The van der Waals surface area contributed by atoms with E-state index in [0.717, 1.165) is 44.7 Å². The van der Waals surface area contributed by atoms with Gasteiger partial charge in [0.05, 0.1) is 17.9 Å². The SMILES string of the molecule is CC(=O)NCc1nccc(C)c1COc1cccc2c(-c3ccnn3C)cc(C)nc12. The van der Waals surface area contributed by atoms with Crippen molar-refractivity contribution in [3.63, 3.8) is 0 Å². The predicted molar refractivity (Wildman–Crippen MR) is 120 cm³/mol. The van der Waals surface area contributed by atoms with Crippen LogP contribution in [-0.4, -0.2) is 25.7 Å². The number of hydrogen-bond donors (Lipinski definition) is 1. The van der Waals surface area contributed by atoms with E-state index in [4.69, 9.17) is 9.72 Å². The van der Waals surface area contributed by atoms with Crippen molar-refractivity contribution >= 4 is 16.8 Å².